The topological polar surface area (TPSA) is 72.5 Å². The van der Waals surface area contributed by atoms with E-state index < -0.39 is 22.0 Å². The van der Waals surface area contributed by atoms with E-state index in [-0.39, 0.29) is 16.3 Å². The van der Waals surface area contributed by atoms with Crippen molar-refractivity contribution in [2.45, 2.75) is 43.0 Å². The van der Waals surface area contributed by atoms with Crippen LogP contribution in [0.5, 0.6) is 0 Å². The number of hydrogen-bond donors (Lipinski definition) is 1. The number of nitrogens with one attached hydrogen (secondary N) is 1. The second-order valence-corrected chi connectivity index (χ2v) is 8.03. The number of rotatable bonds is 7. The first-order valence-electron chi connectivity index (χ1n) is 6.66. The monoisotopic (exact) mass is 377 g/mol. The fraction of sp³-hybridized carbons (Fsp3) is 0.500. The number of esters is 1. The Kier molecular flexibility index (Phi) is 6.83. The van der Waals surface area contributed by atoms with Crippen molar-refractivity contribution >= 4 is 31.9 Å². The summed E-state index contributed by atoms with van der Waals surface area (Å²) in [5, 5.41) is 0. The number of halogens is 1. The molecule has 0 bridgehead atoms. The fourth-order valence-electron chi connectivity index (χ4n) is 1.73. The molecule has 21 heavy (non-hydrogen) atoms. The predicted octanol–water partition coefficient (Wildman–Crippen LogP) is 2.38. The van der Waals surface area contributed by atoms with Crippen molar-refractivity contribution in [2.75, 3.05) is 6.61 Å². The Morgan fingerprint density at radius 2 is 1.90 bits per heavy atom. The molecule has 1 unspecified atom stereocenters. The lowest BCUT2D eigenvalue weighted by atomic mass is 10.2. The van der Waals surface area contributed by atoms with Crippen molar-refractivity contribution < 1.29 is 17.9 Å². The average molecular weight is 378 g/mol. The molecule has 1 rings (SSSR count). The minimum atomic E-state index is -3.76. The average Bonchev–Trinajstić information content (AvgIpc) is 2.38. The Morgan fingerprint density at radius 1 is 1.33 bits per heavy atom. The molecule has 0 saturated carbocycles. The van der Waals surface area contributed by atoms with Gasteiger partial charge < -0.3 is 4.74 Å². The summed E-state index contributed by atoms with van der Waals surface area (Å²) in [6, 6.07) is 5.53. The molecule has 0 aromatic heterocycles. The lowest BCUT2D eigenvalue weighted by Gasteiger charge is -2.18. The molecule has 0 fully saturated rings. The van der Waals surface area contributed by atoms with Crippen LogP contribution in [-0.4, -0.2) is 31.9 Å². The molecule has 0 radical (unpaired) electrons. The number of ether oxygens (including phenoxy) is 1. The van der Waals surface area contributed by atoms with E-state index in [2.05, 4.69) is 20.7 Å². The Labute approximate surface area is 134 Å². The van der Waals surface area contributed by atoms with Crippen LogP contribution in [0, 0.1) is 6.92 Å². The Balaban J connectivity index is 2.95. The van der Waals surface area contributed by atoms with E-state index >= 15 is 0 Å². The zero-order chi connectivity index (χ0) is 16.0. The van der Waals surface area contributed by atoms with Gasteiger partial charge in [-0.05, 0) is 32.4 Å². The van der Waals surface area contributed by atoms with Crippen LogP contribution in [0.2, 0.25) is 0 Å². The highest BCUT2D eigenvalue weighted by Gasteiger charge is 2.27. The molecule has 0 aliphatic rings. The van der Waals surface area contributed by atoms with Gasteiger partial charge in [0.2, 0.25) is 10.0 Å². The second kappa shape index (κ2) is 7.91. The molecule has 0 spiro atoms. The molecule has 0 saturated heterocycles. The lowest BCUT2D eigenvalue weighted by Crippen LogP contribution is -2.43. The number of carbonyl (C=O) groups excluding carboxylic acids is 1. The van der Waals surface area contributed by atoms with E-state index in [0.29, 0.717) is 6.42 Å². The van der Waals surface area contributed by atoms with Crippen LogP contribution in [0.25, 0.3) is 0 Å². The predicted molar refractivity (Wildman–Crippen MR) is 84.9 cm³/mol. The van der Waals surface area contributed by atoms with Gasteiger partial charge in [0, 0.05) is 4.83 Å². The Morgan fingerprint density at radius 3 is 2.38 bits per heavy atom. The molecular formula is C14H20BrNO4S. The standard InChI is InChI=1S/C14H20BrNO4S/c1-4-20-14(17)13(9-11(3)15)16-21(18,19)12-7-5-10(2)6-8-12/h5-8,11,13,16H,4,9H2,1-3H3/t11?,13-/m1/s1. The van der Waals surface area contributed by atoms with Crippen LogP contribution >= 0.6 is 15.9 Å². The summed E-state index contributed by atoms with van der Waals surface area (Å²) in [5.41, 5.74) is 0.963. The van der Waals surface area contributed by atoms with Crippen LogP contribution < -0.4 is 4.72 Å². The smallest absolute Gasteiger partial charge is 0.324 e. The van der Waals surface area contributed by atoms with E-state index in [1.165, 1.54) is 12.1 Å². The normalized spacial score (nSPS) is 14.5. The summed E-state index contributed by atoms with van der Waals surface area (Å²) in [4.78, 5) is 12.0. The van der Waals surface area contributed by atoms with Crippen LogP contribution in [0.4, 0.5) is 0 Å². The van der Waals surface area contributed by atoms with Gasteiger partial charge in [-0.25, -0.2) is 8.42 Å². The number of hydrogen-bond acceptors (Lipinski definition) is 4. The molecule has 5 nitrogen and oxygen atoms in total. The van der Waals surface area contributed by atoms with Gasteiger partial charge in [-0.3, -0.25) is 4.79 Å². The summed E-state index contributed by atoms with van der Waals surface area (Å²) < 4.78 is 32.0. The summed E-state index contributed by atoms with van der Waals surface area (Å²) in [6.45, 7) is 5.60. The van der Waals surface area contributed by atoms with Gasteiger partial charge in [0.25, 0.3) is 0 Å². The molecule has 0 amide bonds. The second-order valence-electron chi connectivity index (χ2n) is 4.76. The van der Waals surface area contributed by atoms with Gasteiger partial charge in [0.15, 0.2) is 0 Å². The van der Waals surface area contributed by atoms with Crippen molar-refractivity contribution in [1.29, 1.82) is 0 Å². The third kappa shape index (κ3) is 5.76. The number of carbonyl (C=O) groups is 1. The molecule has 7 heteroatoms. The highest BCUT2D eigenvalue weighted by atomic mass is 79.9. The molecule has 118 valence electrons. The minimum Gasteiger partial charge on any atom is -0.465 e. The molecule has 0 heterocycles. The van der Waals surface area contributed by atoms with Crippen molar-refractivity contribution in [3.05, 3.63) is 29.8 Å². The molecule has 0 aliphatic heterocycles. The molecular weight excluding hydrogens is 358 g/mol. The van der Waals surface area contributed by atoms with Crippen molar-refractivity contribution in [1.82, 2.24) is 4.72 Å². The van der Waals surface area contributed by atoms with Gasteiger partial charge >= 0.3 is 5.97 Å². The zero-order valence-corrected chi connectivity index (χ0v) is 14.7. The first-order chi connectivity index (χ1) is 9.76. The first-order valence-corrected chi connectivity index (χ1v) is 9.06. The number of sulfonamides is 1. The van der Waals surface area contributed by atoms with E-state index in [1.54, 1.807) is 19.1 Å². The maximum atomic E-state index is 12.3. The quantitative estimate of drug-likeness (QED) is 0.584. The third-order valence-electron chi connectivity index (χ3n) is 2.76. The highest BCUT2D eigenvalue weighted by molar-refractivity contribution is 9.09. The Bertz CT molecular complexity index is 569. The van der Waals surface area contributed by atoms with Crippen molar-refractivity contribution in [2.24, 2.45) is 0 Å². The van der Waals surface area contributed by atoms with E-state index in [0.717, 1.165) is 5.56 Å². The Hall–Kier alpha value is -0.920. The van der Waals surface area contributed by atoms with Crippen molar-refractivity contribution in [3.8, 4) is 0 Å². The first kappa shape index (κ1) is 18.1. The van der Waals surface area contributed by atoms with Gasteiger partial charge in [-0.1, -0.05) is 40.5 Å². The molecule has 2 atom stereocenters. The zero-order valence-electron chi connectivity index (χ0n) is 12.3. The molecule has 1 N–H and O–H groups in total. The number of alkyl halides is 1. The van der Waals surface area contributed by atoms with Crippen LogP contribution in [-0.2, 0) is 19.6 Å². The van der Waals surface area contributed by atoms with E-state index in [9.17, 15) is 13.2 Å². The molecule has 1 aromatic carbocycles. The maximum Gasteiger partial charge on any atom is 0.324 e. The van der Waals surface area contributed by atoms with Gasteiger partial charge in [0.1, 0.15) is 6.04 Å². The summed E-state index contributed by atoms with van der Waals surface area (Å²) >= 11 is 3.33. The van der Waals surface area contributed by atoms with Gasteiger partial charge in [-0.2, -0.15) is 4.72 Å². The van der Waals surface area contributed by atoms with Crippen molar-refractivity contribution in [3.63, 3.8) is 0 Å². The molecule has 0 aliphatic carbocycles. The summed E-state index contributed by atoms with van der Waals surface area (Å²) in [5.74, 6) is -0.570. The summed E-state index contributed by atoms with van der Waals surface area (Å²) in [6.07, 6.45) is 0.309. The largest absolute Gasteiger partial charge is 0.465 e. The fourth-order valence-corrected chi connectivity index (χ4v) is 3.30. The van der Waals surface area contributed by atoms with E-state index in [1.807, 2.05) is 13.8 Å². The lowest BCUT2D eigenvalue weighted by molar-refractivity contribution is -0.145. The van der Waals surface area contributed by atoms with Gasteiger partial charge in [-0.15, -0.1) is 0 Å². The maximum absolute atomic E-state index is 12.3. The van der Waals surface area contributed by atoms with Crippen LogP contribution in [0.3, 0.4) is 0 Å². The van der Waals surface area contributed by atoms with Gasteiger partial charge in [0.05, 0.1) is 11.5 Å². The molecule has 1 aromatic rings. The minimum absolute atomic E-state index is 0.0207. The number of aryl methyl sites for hydroxylation is 1. The number of benzene rings is 1. The third-order valence-corrected chi connectivity index (χ3v) is 4.62. The SMILES string of the molecule is CCOC(=O)[C@@H](CC(C)Br)NS(=O)(=O)c1ccc(C)cc1. The summed E-state index contributed by atoms with van der Waals surface area (Å²) in [7, 11) is -3.76. The van der Waals surface area contributed by atoms with E-state index in [4.69, 9.17) is 4.74 Å². The van der Waals surface area contributed by atoms with Crippen LogP contribution in [0.1, 0.15) is 25.8 Å². The highest BCUT2D eigenvalue weighted by Crippen LogP contribution is 2.14. The van der Waals surface area contributed by atoms with Crippen LogP contribution in [0.15, 0.2) is 29.2 Å².